The lowest BCUT2D eigenvalue weighted by Gasteiger charge is -2.08. The van der Waals surface area contributed by atoms with Gasteiger partial charge in [-0.05, 0) is 32.4 Å². The van der Waals surface area contributed by atoms with E-state index in [1.54, 1.807) is 0 Å². The van der Waals surface area contributed by atoms with Crippen LogP contribution in [-0.4, -0.2) is 32.6 Å². The largest absolute Gasteiger partial charge is 0.379 e. The number of nitrogens with zero attached hydrogens (tertiary/aromatic N) is 1. The third-order valence-corrected chi connectivity index (χ3v) is 3.90. The van der Waals surface area contributed by atoms with Crippen molar-refractivity contribution in [2.24, 2.45) is 0 Å². The van der Waals surface area contributed by atoms with Crippen molar-refractivity contribution in [2.75, 3.05) is 13.2 Å². The van der Waals surface area contributed by atoms with Gasteiger partial charge in [-0.3, -0.25) is 10.1 Å². The Morgan fingerprint density at radius 1 is 1.30 bits per heavy atom. The van der Waals surface area contributed by atoms with Crippen LogP contribution in [0.4, 0.5) is 5.69 Å². The molecule has 0 bridgehead atoms. The van der Waals surface area contributed by atoms with Crippen molar-refractivity contribution in [1.82, 2.24) is 4.72 Å². The van der Waals surface area contributed by atoms with Gasteiger partial charge in [0.05, 0.1) is 15.9 Å². The number of benzene rings is 1. The van der Waals surface area contributed by atoms with Gasteiger partial charge in [0, 0.05) is 25.3 Å². The Hall–Kier alpha value is -1.51. The molecular formula is C12H18N2O5S. The number of nitrogens with one attached hydrogen (secondary N) is 1. The average Bonchev–Trinajstić information content (AvgIpc) is 2.38. The maximum Gasteiger partial charge on any atom is 0.269 e. The molecule has 20 heavy (non-hydrogen) atoms. The highest BCUT2D eigenvalue weighted by molar-refractivity contribution is 7.89. The standard InChI is InChI=1S/C12H18N2O5S/c1-10(2)19-9-3-8-13-20(17,18)12-6-4-11(5-7-12)14(15)16/h4-7,10,13H,3,8-9H2,1-2H3. The molecule has 0 heterocycles. The molecule has 7 nitrogen and oxygen atoms in total. The van der Waals surface area contributed by atoms with Crippen LogP contribution >= 0.6 is 0 Å². The third kappa shape index (κ3) is 5.24. The maximum atomic E-state index is 11.9. The molecule has 1 aromatic rings. The molecule has 0 aliphatic carbocycles. The maximum absolute atomic E-state index is 11.9. The van der Waals surface area contributed by atoms with Gasteiger partial charge in [0.2, 0.25) is 10.0 Å². The van der Waals surface area contributed by atoms with E-state index in [0.29, 0.717) is 13.0 Å². The summed E-state index contributed by atoms with van der Waals surface area (Å²) in [6, 6.07) is 4.75. The molecule has 1 N–H and O–H groups in total. The van der Waals surface area contributed by atoms with E-state index >= 15 is 0 Å². The first-order chi connectivity index (χ1) is 9.33. The summed E-state index contributed by atoms with van der Waals surface area (Å²) in [5, 5.41) is 10.5. The summed E-state index contributed by atoms with van der Waals surface area (Å²) in [5.74, 6) is 0. The van der Waals surface area contributed by atoms with E-state index in [1.807, 2.05) is 13.8 Å². The zero-order valence-electron chi connectivity index (χ0n) is 11.4. The molecule has 1 rings (SSSR count). The first kappa shape index (κ1) is 16.5. The zero-order valence-corrected chi connectivity index (χ0v) is 12.2. The van der Waals surface area contributed by atoms with Crippen LogP contribution in [-0.2, 0) is 14.8 Å². The van der Waals surface area contributed by atoms with Crippen molar-refractivity contribution >= 4 is 15.7 Å². The van der Waals surface area contributed by atoms with Crippen molar-refractivity contribution in [3.05, 3.63) is 34.4 Å². The van der Waals surface area contributed by atoms with E-state index < -0.39 is 14.9 Å². The van der Waals surface area contributed by atoms with Gasteiger partial charge in [0.25, 0.3) is 5.69 Å². The molecule has 8 heteroatoms. The lowest BCUT2D eigenvalue weighted by molar-refractivity contribution is -0.384. The molecule has 0 unspecified atom stereocenters. The number of nitro groups is 1. The Bertz CT molecular complexity index is 539. The lowest BCUT2D eigenvalue weighted by Crippen LogP contribution is -2.25. The van der Waals surface area contributed by atoms with Crippen molar-refractivity contribution in [2.45, 2.75) is 31.3 Å². The van der Waals surface area contributed by atoms with E-state index in [4.69, 9.17) is 4.74 Å². The molecule has 0 spiro atoms. The molecule has 0 saturated heterocycles. The number of hydrogen-bond acceptors (Lipinski definition) is 5. The van der Waals surface area contributed by atoms with Crippen LogP contribution in [0.25, 0.3) is 0 Å². The van der Waals surface area contributed by atoms with Crippen LogP contribution in [0, 0.1) is 10.1 Å². The SMILES string of the molecule is CC(C)OCCCNS(=O)(=O)c1ccc([N+](=O)[O-])cc1. The van der Waals surface area contributed by atoms with E-state index in [1.165, 1.54) is 12.1 Å². The Kier molecular flexibility index (Phi) is 6.05. The monoisotopic (exact) mass is 302 g/mol. The average molecular weight is 302 g/mol. The smallest absolute Gasteiger partial charge is 0.269 e. The van der Waals surface area contributed by atoms with E-state index in [0.717, 1.165) is 12.1 Å². The minimum Gasteiger partial charge on any atom is -0.379 e. The Morgan fingerprint density at radius 2 is 1.90 bits per heavy atom. The normalized spacial score (nSPS) is 11.8. The predicted molar refractivity (Wildman–Crippen MR) is 74.0 cm³/mol. The highest BCUT2D eigenvalue weighted by Crippen LogP contribution is 2.15. The van der Waals surface area contributed by atoms with Crippen LogP contribution in [0.2, 0.25) is 0 Å². The predicted octanol–water partition coefficient (Wildman–Crippen LogP) is 1.69. The van der Waals surface area contributed by atoms with E-state index in [-0.39, 0.29) is 23.2 Å². The lowest BCUT2D eigenvalue weighted by atomic mass is 10.3. The number of ether oxygens (including phenoxy) is 1. The van der Waals surface area contributed by atoms with Crippen molar-refractivity contribution in [3.8, 4) is 0 Å². The van der Waals surface area contributed by atoms with E-state index in [9.17, 15) is 18.5 Å². The third-order valence-electron chi connectivity index (χ3n) is 2.42. The second-order valence-corrected chi connectivity index (χ2v) is 6.19. The van der Waals surface area contributed by atoms with Crippen molar-refractivity contribution in [3.63, 3.8) is 0 Å². The number of hydrogen-bond donors (Lipinski definition) is 1. The summed E-state index contributed by atoms with van der Waals surface area (Å²) < 4.78 is 31.5. The molecule has 0 radical (unpaired) electrons. The minimum atomic E-state index is -3.63. The van der Waals surface area contributed by atoms with Gasteiger partial charge < -0.3 is 4.74 Å². The molecule has 0 aliphatic heterocycles. The number of nitro benzene ring substituents is 1. The summed E-state index contributed by atoms with van der Waals surface area (Å²) in [4.78, 5) is 9.92. The molecule has 0 fully saturated rings. The summed E-state index contributed by atoms with van der Waals surface area (Å²) in [6.07, 6.45) is 0.672. The first-order valence-electron chi connectivity index (χ1n) is 6.18. The summed E-state index contributed by atoms with van der Waals surface area (Å²) >= 11 is 0. The molecular weight excluding hydrogens is 284 g/mol. The number of non-ortho nitro benzene ring substituents is 1. The fourth-order valence-corrected chi connectivity index (χ4v) is 2.50. The quantitative estimate of drug-likeness (QED) is 0.447. The van der Waals surface area contributed by atoms with Gasteiger partial charge in [-0.1, -0.05) is 0 Å². The summed E-state index contributed by atoms with van der Waals surface area (Å²) in [7, 11) is -3.63. The van der Waals surface area contributed by atoms with Crippen molar-refractivity contribution in [1.29, 1.82) is 0 Å². The van der Waals surface area contributed by atoms with Crippen molar-refractivity contribution < 1.29 is 18.1 Å². The topological polar surface area (TPSA) is 98.5 Å². The second kappa shape index (κ2) is 7.32. The molecule has 0 amide bonds. The number of rotatable bonds is 8. The van der Waals surface area contributed by atoms with Gasteiger partial charge in [-0.15, -0.1) is 0 Å². The molecule has 0 atom stereocenters. The van der Waals surface area contributed by atoms with Crippen LogP contribution < -0.4 is 4.72 Å². The Balaban J connectivity index is 2.54. The Morgan fingerprint density at radius 3 is 2.40 bits per heavy atom. The highest BCUT2D eigenvalue weighted by Gasteiger charge is 2.15. The van der Waals surface area contributed by atoms with E-state index in [2.05, 4.69) is 4.72 Å². The summed E-state index contributed by atoms with van der Waals surface area (Å²) in [5.41, 5.74) is -0.144. The second-order valence-electron chi connectivity index (χ2n) is 4.42. The fraction of sp³-hybridized carbons (Fsp3) is 0.500. The van der Waals surface area contributed by atoms with Gasteiger partial charge >= 0.3 is 0 Å². The molecule has 112 valence electrons. The van der Waals surface area contributed by atoms with Gasteiger partial charge in [0.15, 0.2) is 0 Å². The molecule has 0 saturated carbocycles. The van der Waals surface area contributed by atoms with Crippen LogP contribution in [0.1, 0.15) is 20.3 Å². The Labute approximate surface area is 118 Å². The van der Waals surface area contributed by atoms with Crippen LogP contribution in [0.3, 0.4) is 0 Å². The highest BCUT2D eigenvalue weighted by atomic mass is 32.2. The van der Waals surface area contributed by atoms with Gasteiger partial charge in [0.1, 0.15) is 0 Å². The van der Waals surface area contributed by atoms with Crippen LogP contribution in [0.15, 0.2) is 29.2 Å². The summed E-state index contributed by atoms with van der Waals surface area (Å²) in [6.45, 7) is 4.54. The molecule has 1 aromatic carbocycles. The molecule has 0 aromatic heterocycles. The fourth-order valence-electron chi connectivity index (χ4n) is 1.43. The molecule has 0 aliphatic rings. The first-order valence-corrected chi connectivity index (χ1v) is 7.67. The number of sulfonamides is 1. The minimum absolute atomic E-state index is 0.00729. The van der Waals surface area contributed by atoms with Gasteiger partial charge in [-0.25, -0.2) is 13.1 Å². The van der Waals surface area contributed by atoms with Crippen LogP contribution in [0.5, 0.6) is 0 Å². The van der Waals surface area contributed by atoms with Gasteiger partial charge in [-0.2, -0.15) is 0 Å². The zero-order chi connectivity index (χ0) is 15.2.